The topological polar surface area (TPSA) is 66.8 Å². The summed E-state index contributed by atoms with van der Waals surface area (Å²) in [7, 11) is 1.46. The average molecular weight is 334 g/mol. The number of benzene rings is 1. The number of hydrogen-bond donors (Lipinski definition) is 1. The number of rotatable bonds is 6. The first-order chi connectivity index (χ1) is 8.95. The fourth-order valence-corrected chi connectivity index (χ4v) is 1.81. The molecule has 104 valence electrons. The molecule has 1 amide bonds. The molecule has 1 aromatic carbocycles. The molecule has 0 fully saturated rings. The molecule has 0 atom stereocenters. The number of amides is 1. The predicted octanol–water partition coefficient (Wildman–Crippen LogP) is 1.76. The van der Waals surface area contributed by atoms with Crippen molar-refractivity contribution < 1.29 is 23.8 Å². The lowest BCUT2D eigenvalue weighted by atomic mass is 10.2. The summed E-state index contributed by atoms with van der Waals surface area (Å²) in [5, 5.41) is 8.77. The van der Waals surface area contributed by atoms with Crippen LogP contribution in [0.25, 0.3) is 0 Å². The summed E-state index contributed by atoms with van der Waals surface area (Å²) in [6.07, 6.45) is 0. The molecule has 0 aromatic heterocycles. The Balaban J connectivity index is 2.90. The molecule has 0 aliphatic heterocycles. The van der Waals surface area contributed by atoms with Crippen molar-refractivity contribution in [3.63, 3.8) is 0 Å². The Morgan fingerprint density at radius 3 is 2.68 bits per heavy atom. The van der Waals surface area contributed by atoms with Crippen molar-refractivity contribution in [1.29, 1.82) is 0 Å². The maximum absolute atomic E-state index is 13.1. The second-order valence-corrected chi connectivity index (χ2v) is 4.60. The summed E-state index contributed by atoms with van der Waals surface area (Å²) in [4.78, 5) is 24.0. The molecule has 1 aromatic rings. The quantitative estimate of drug-likeness (QED) is 0.861. The third kappa shape index (κ3) is 4.60. The molecule has 0 radical (unpaired) electrons. The number of carbonyl (C=O) groups excluding carboxylic acids is 1. The van der Waals surface area contributed by atoms with Gasteiger partial charge in [0.05, 0.1) is 11.1 Å². The molecule has 5 nitrogen and oxygen atoms in total. The van der Waals surface area contributed by atoms with Gasteiger partial charge in [-0.2, -0.15) is 0 Å². The Labute approximate surface area is 118 Å². The molecule has 0 saturated heterocycles. The number of ether oxygens (including phenoxy) is 1. The average Bonchev–Trinajstić information content (AvgIpc) is 2.36. The van der Waals surface area contributed by atoms with E-state index in [4.69, 9.17) is 9.84 Å². The van der Waals surface area contributed by atoms with Crippen LogP contribution in [-0.4, -0.2) is 48.7 Å². The monoisotopic (exact) mass is 333 g/mol. The van der Waals surface area contributed by atoms with Crippen LogP contribution < -0.4 is 0 Å². The molecule has 0 saturated carbocycles. The van der Waals surface area contributed by atoms with Crippen LogP contribution in [0, 0.1) is 5.82 Å². The summed E-state index contributed by atoms with van der Waals surface area (Å²) in [5.74, 6) is -2.09. The molecule has 1 rings (SSSR count). The van der Waals surface area contributed by atoms with Crippen LogP contribution in [0.5, 0.6) is 0 Å². The van der Waals surface area contributed by atoms with E-state index in [0.29, 0.717) is 0 Å². The maximum Gasteiger partial charge on any atom is 0.323 e. The van der Waals surface area contributed by atoms with Crippen molar-refractivity contribution in [2.75, 3.05) is 26.8 Å². The number of carboxylic acids is 1. The van der Waals surface area contributed by atoms with Crippen molar-refractivity contribution in [3.05, 3.63) is 34.1 Å². The van der Waals surface area contributed by atoms with E-state index < -0.39 is 24.2 Å². The van der Waals surface area contributed by atoms with Crippen LogP contribution in [-0.2, 0) is 9.53 Å². The summed E-state index contributed by atoms with van der Waals surface area (Å²) in [6.45, 7) is -0.0603. The van der Waals surface area contributed by atoms with Crippen LogP contribution in [0.15, 0.2) is 22.7 Å². The third-order valence-corrected chi connectivity index (χ3v) is 2.95. The fourth-order valence-electron chi connectivity index (χ4n) is 1.43. The smallest absolute Gasteiger partial charge is 0.323 e. The highest BCUT2D eigenvalue weighted by Gasteiger charge is 2.19. The molecular formula is C12H13BrFNO4. The Morgan fingerprint density at radius 2 is 2.16 bits per heavy atom. The molecular weight excluding hydrogens is 321 g/mol. The number of hydrogen-bond acceptors (Lipinski definition) is 3. The van der Waals surface area contributed by atoms with E-state index in [2.05, 4.69) is 15.9 Å². The van der Waals surface area contributed by atoms with E-state index >= 15 is 0 Å². The first kappa shape index (κ1) is 15.6. The highest BCUT2D eigenvalue weighted by Crippen LogP contribution is 2.18. The van der Waals surface area contributed by atoms with E-state index in [1.807, 2.05) is 0 Å². The van der Waals surface area contributed by atoms with Gasteiger partial charge in [-0.1, -0.05) is 0 Å². The molecule has 0 aliphatic carbocycles. The standard InChI is InChI=1S/C12H13BrFNO4/c1-19-5-4-15(7-11(16)17)12(18)8-2-3-10(14)9(13)6-8/h2-3,6H,4-5,7H2,1H3,(H,16,17). The lowest BCUT2D eigenvalue weighted by molar-refractivity contribution is -0.137. The van der Waals surface area contributed by atoms with Gasteiger partial charge in [0.25, 0.3) is 5.91 Å². The van der Waals surface area contributed by atoms with Gasteiger partial charge < -0.3 is 14.7 Å². The SMILES string of the molecule is COCCN(CC(=O)O)C(=O)c1ccc(F)c(Br)c1. The van der Waals surface area contributed by atoms with Crippen molar-refractivity contribution >= 4 is 27.8 Å². The minimum absolute atomic E-state index is 0.149. The molecule has 0 heterocycles. The normalized spacial score (nSPS) is 10.3. The van der Waals surface area contributed by atoms with E-state index in [9.17, 15) is 14.0 Å². The van der Waals surface area contributed by atoms with Gasteiger partial charge in [0, 0.05) is 19.2 Å². The molecule has 0 aliphatic rings. The van der Waals surface area contributed by atoms with Crippen LogP contribution >= 0.6 is 15.9 Å². The van der Waals surface area contributed by atoms with Crippen LogP contribution in [0.4, 0.5) is 4.39 Å². The second kappa shape index (κ2) is 7.20. The van der Waals surface area contributed by atoms with Gasteiger partial charge in [-0.15, -0.1) is 0 Å². The maximum atomic E-state index is 13.1. The number of carboxylic acid groups (broad SMARTS) is 1. The zero-order chi connectivity index (χ0) is 14.4. The van der Waals surface area contributed by atoms with Crippen molar-refractivity contribution in [2.24, 2.45) is 0 Å². The molecule has 0 spiro atoms. The molecule has 0 unspecified atom stereocenters. The van der Waals surface area contributed by atoms with Gasteiger partial charge in [-0.3, -0.25) is 9.59 Å². The Bertz CT molecular complexity index is 481. The third-order valence-electron chi connectivity index (χ3n) is 2.35. The van der Waals surface area contributed by atoms with Gasteiger partial charge in [0.2, 0.25) is 0 Å². The first-order valence-electron chi connectivity index (χ1n) is 5.40. The van der Waals surface area contributed by atoms with Crippen LogP contribution in [0.3, 0.4) is 0 Å². The fraction of sp³-hybridized carbons (Fsp3) is 0.333. The van der Waals surface area contributed by atoms with E-state index in [0.717, 1.165) is 11.0 Å². The lowest BCUT2D eigenvalue weighted by Gasteiger charge is -2.20. The minimum atomic E-state index is -1.12. The predicted molar refractivity (Wildman–Crippen MR) is 69.5 cm³/mol. The van der Waals surface area contributed by atoms with Gasteiger partial charge in [-0.05, 0) is 34.1 Å². The van der Waals surface area contributed by atoms with Gasteiger partial charge in [0.15, 0.2) is 0 Å². The Kier molecular flexibility index (Phi) is 5.91. The zero-order valence-electron chi connectivity index (χ0n) is 10.2. The highest BCUT2D eigenvalue weighted by atomic mass is 79.9. The number of halogens is 2. The van der Waals surface area contributed by atoms with E-state index in [1.54, 1.807) is 0 Å². The second-order valence-electron chi connectivity index (χ2n) is 3.74. The molecule has 19 heavy (non-hydrogen) atoms. The Hall–Kier alpha value is -1.47. The minimum Gasteiger partial charge on any atom is -0.480 e. The van der Waals surface area contributed by atoms with Gasteiger partial charge in [0.1, 0.15) is 12.4 Å². The van der Waals surface area contributed by atoms with Crippen molar-refractivity contribution in [2.45, 2.75) is 0 Å². The summed E-state index contributed by atoms with van der Waals surface area (Å²) < 4.78 is 18.1. The van der Waals surface area contributed by atoms with Gasteiger partial charge >= 0.3 is 5.97 Å². The van der Waals surface area contributed by atoms with E-state index in [1.165, 1.54) is 19.2 Å². The largest absolute Gasteiger partial charge is 0.480 e. The van der Waals surface area contributed by atoms with Crippen molar-refractivity contribution in [3.8, 4) is 0 Å². The molecule has 1 N–H and O–H groups in total. The molecule has 7 heteroatoms. The van der Waals surface area contributed by atoms with E-state index in [-0.39, 0.29) is 23.2 Å². The molecule has 0 bridgehead atoms. The highest BCUT2D eigenvalue weighted by molar-refractivity contribution is 9.10. The zero-order valence-corrected chi connectivity index (χ0v) is 11.8. The first-order valence-corrected chi connectivity index (χ1v) is 6.20. The van der Waals surface area contributed by atoms with Gasteiger partial charge in [-0.25, -0.2) is 4.39 Å². The summed E-state index contributed by atoms with van der Waals surface area (Å²) >= 11 is 2.98. The lowest BCUT2D eigenvalue weighted by Crippen LogP contribution is -2.38. The Morgan fingerprint density at radius 1 is 1.47 bits per heavy atom. The van der Waals surface area contributed by atoms with Crippen molar-refractivity contribution in [1.82, 2.24) is 4.90 Å². The number of methoxy groups -OCH3 is 1. The summed E-state index contributed by atoms with van der Waals surface area (Å²) in [5.41, 5.74) is 0.214. The van der Waals surface area contributed by atoms with Crippen LogP contribution in [0.1, 0.15) is 10.4 Å². The number of carbonyl (C=O) groups is 2. The summed E-state index contributed by atoms with van der Waals surface area (Å²) in [6, 6.07) is 3.77. The number of nitrogens with zero attached hydrogens (tertiary/aromatic N) is 1. The number of aliphatic carboxylic acids is 1. The van der Waals surface area contributed by atoms with Crippen LogP contribution in [0.2, 0.25) is 0 Å².